The van der Waals surface area contributed by atoms with Crippen LogP contribution in [0.4, 0.5) is 12.9 Å². The molecule has 0 heterocycles. The topological polar surface area (TPSA) is 0 Å². The molecule has 0 saturated heterocycles. The van der Waals surface area contributed by atoms with Crippen LogP contribution in [0.3, 0.4) is 0 Å². The summed E-state index contributed by atoms with van der Waals surface area (Å²) in [4.78, 5) is 0. The summed E-state index contributed by atoms with van der Waals surface area (Å²) in [6.45, 7) is -4.53. The van der Waals surface area contributed by atoms with Gasteiger partial charge in [0.25, 0.3) is 0 Å². The number of hydrogen-bond donors (Lipinski definition) is 0. The molecular formula is C7H11BF3-. The van der Waals surface area contributed by atoms with Crippen molar-refractivity contribution in [1.82, 2.24) is 0 Å². The van der Waals surface area contributed by atoms with Crippen molar-refractivity contribution in [2.75, 3.05) is 0 Å². The van der Waals surface area contributed by atoms with Crippen molar-refractivity contribution < 1.29 is 12.9 Å². The van der Waals surface area contributed by atoms with Crippen molar-refractivity contribution in [1.29, 1.82) is 0 Å². The quantitative estimate of drug-likeness (QED) is 0.521. The van der Waals surface area contributed by atoms with Gasteiger partial charge in [0, 0.05) is 0 Å². The number of rotatable bonds is 1. The first-order valence-corrected chi connectivity index (χ1v) is 4.27. The average Bonchev–Trinajstić information content (AvgIpc) is 2.42. The smallest absolute Gasteiger partial charge is 0.449 e. The van der Waals surface area contributed by atoms with Crippen molar-refractivity contribution in [2.45, 2.75) is 31.5 Å². The highest BCUT2D eigenvalue weighted by molar-refractivity contribution is 6.60. The standard InChI is InChI=1S/C7H11BF3/c9-8(10,11)7-4-5-1-2-6(7)3-5/h5-7H,1-4H2/q-1/t5-,6-,7-/m0/s1. The van der Waals surface area contributed by atoms with Gasteiger partial charge < -0.3 is 12.9 Å². The highest BCUT2D eigenvalue weighted by atomic mass is 19.4. The molecule has 2 fully saturated rings. The van der Waals surface area contributed by atoms with Gasteiger partial charge in [-0.05, 0) is 5.92 Å². The largest absolute Gasteiger partial charge is 0.481 e. The molecule has 0 spiro atoms. The van der Waals surface area contributed by atoms with Gasteiger partial charge in [0.15, 0.2) is 0 Å². The first-order chi connectivity index (χ1) is 5.07. The minimum absolute atomic E-state index is 0.000000000000000444. The lowest BCUT2D eigenvalue weighted by molar-refractivity contribution is 0.361. The maximum Gasteiger partial charge on any atom is 0.481 e. The van der Waals surface area contributed by atoms with Crippen LogP contribution in [0.25, 0.3) is 0 Å². The molecule has 0 aliphatic heterocycles. The minimum atomic E-state index is -4.53. The molecular weight excluding hydrogens is 152 g/mol. The average molecular weight is 163 g/mol. The number of fused-ring (bicyclic) bond motifs is 2. The van der Waals surface area contributed by atoms with E-state index in [-0.39, 0.29) is 5.92 Å². The van der Waals surface area contributed by atoms with Gasteiger partial charge in [-0.25, -0.2) is 0 Å². The van der Waals surface area contributed by atoms with Crippen LogP contribution in [-0.4, -0.2) is 6.98 Å². The Morgan fingerprint density at radius 3 is 2.00 bits per heavy atom. The molecule has 2 saturated carbocycles. The van der Waals surface area contributed by atoms with Crippen molar-refractivity contribution >= 4 is 6.98 Å². The molecule has 0 radical (unpaired) electrons. The third-order valence-electron chi connectivity index (χ3n) is 3.28. The molecule has 2 rings (SSSR count). The first-order valence-electron chi connectivity index (χ1n) is 4.27. The summed E-state index contributed by atoms with van der Waals surface area (Å²) in [5.74, 6) is -0.484. The molecule has 4 heteroatoms. The van der Waals surface area contributed by atoms with E-state index in [1.54, 1.807) is 0 Å². The van der Waals surface area contributed by atoms with E-state index in [0.29, 0.717) is 12.3 Å². The van der Waals surface area contributed by atoms with Crippen LogP contribution >= 0.6 is 0 Å². The first kappa shape index (κ1) is 7.50. The van der Waals surface area contributed by atoms with Gasteiger partial charge in [-0.2, -0.15) is 0 Å². The maximum absolute atomic E-state index is 12.3. The van der Waals surface area contributed by atoms with E-state index in [0.717, 1.165) is 19.3 Å². The van der Waals surface area contributed by atoms with Crippen LogP contribution in [0.15, 0.2) is 0 Å². The minimum Gasteiger partial charge on any atom is -0.449 e. The fourth-order valence-corrected chi connectivity index (χ4v) is 2.76. The van der Waals surface area contributed by atoms with Crippen LogP contribution in [0.5, 0.6) is 0 Å². The van der Waals surface area contributed by atoms with E-state index in [4.69, 9.17) is 0 Å². The Morgan fingerprint density at radius 1 is 1.00 bits per heavy atom. The van der Waals surface area contributed by atoms with Gasteiger partial charge in [0.1, 0.15) is 0 Å². The molecule has 0 N–H and O–H groups in total. The van der Waals surface area contributed by atoms with E-state index >= 15 is 0 Å². The lowest BCUT2D eigenvalue weighted by Crippen LogP contribution is -2.28. The van der Waals surface area contributed by atoms with Crippen LogP contribution < -0.4 is 0 Å². The van der Waals surface area contributed by atoms with Gasteiger partial charge in [0.05, 0.1) is 0 Å². The SMILES string of the molecule is F[B-](F)(F)[C@H]1C[C@H]2CC[C@H]1C2. The summed E-state index contributed by atoms with van der Waals surface area (Å²) in [5.41, 5.74) is 0. The van der Waals surface area contributed by atoms with Crippen LogP contribution in [0.1, 0.15) is 25.7 Å². The zero-order chi connectivity index (χ0) is 8.06. The lowest BCUT2D eigenvalue weighted by Gasteiger charge is -2.30. The molecule has 64 valence electrons. The Kier molecular flexibility index (Phi) is 1.48. The van der Waals surface area contributed by atoms with Gasteiger partial charge in [0.2, 0.25) is 0 Å². The second kappa shape index (κ2) is 2.17. The van der Waals surface area contributed by atoms with E-state index in [2.05, 4.69) is 0 Å². The second-order valence-electron chi connectivity index (χ2n) is 3.96. The Morgan fingerprint density at radius 2 is 1.73 bits per heavy atom. The van der Waals surface area contributed by atoms with Gasteiger partial charge in [-0.1, -0.05) is 37.4 Å². The molecule has 0 aromatic carbocycles. The summed E-state index contributed by atoms with van der Waals surface area (Å²) in [6, 6.07) is 0. The van der Waals surface area contributed by atoms with E-state index in [1.165, 1.54) is 0 Å². The van der Waals surface area contributed by atoms with E-state index in [9.17, 15) is 12.9 Å². The molecule has 3 atom stereocenters. The van der Waals surface area contributed by atoms with Gasteiger partial charge in [-0.15, -0.1) is 0 Å². The third kappa shape index (κ3) is 1.16. The molecule has 0 unspecified atom stereocenters. The van der Waals surface area contributed by atoms with Gasteiger partial charge >= 0.3 is 6.98 Å². The molecule has 2 aliphatic carbocycles. The summed E-state index contributed by atoms with van der Waals surface area (Å²) in [5, 5.41) is 0. The molecule has 0 aromatic heterocycles. The molecule has 11 heavy (non-hydrogen) atoms. The number of hydrogen-bond acceptors (Lipinski definition) is 0. The van der Waals surface area contributed by atoms with Crippen LogP contribution in [0, 0.1) is 11.8 Å². The third-order valence-corrected chi connectivity index (χ3v) is 3.28. The predicted molar refractivity (Wildman–Crippen MR) is 38.3 cm³/mol. The number of halogens is 3. The highest BCUT2D eigenvalue weighted by Crippen LogP contribution is 2.56. The second-order valence-corrected chi connectivity index (χ2v) is 3.96. The fourth-order valence-electron chi connectivity index (χ4n) is 2.76. The van der Waals surface area contributed by atoms with Gasteiger partial charge in [-0.3, -0.25) is 0 Å². The molecule has 0 nitrogen and oxygen atoms in total. The Balaban J connectivity index is 2.08. The predicted octanol–water partition coefficient (Wildman–Crippen LogP) is 3.02. The Hall–Kier alpha value is -0.145. The highest BCUT2D eigenvalue weighted by Gasteiger charge is 2.48. The van der Waals surface area contributed by atoms with Crippen molar-refractivity contribution in [3.05, 3.63) is 0 Å². The molecule has 0 amide bonds. The fraction of sp³-hybridized carbons (Fsp3) is 1.00. The zero-order valence-corrected chi connectivity index (χ0v) is 6.27. The van der Waals surface area contributed by atoms with Crippen molar-refractivity contribution in [2.24, 2.45) is 11.8 Å². The normalized spacial score (nSPS) is 43.4. The molecule has 2 aliphatic rings. The molecule has 2 bridgehead atoms. The summed E-state index contributed by atoms with van der Waals surface area (Å²) >= 11 is 0. The van der Waals surface area contributed by atoms with Crippen molar-refractivity contribution in [3.63, 3.8) is 0 Å². The summed E-state index contributed by atoms with van der Waals surface area (Å²) in [7, 11) is 0. The monoisotopic (exact) mass is 163 g/mol. The lowest BCUT2D eigenvalue weighted by atomic mass is 9.64. The Labute approximate surface area is 64.2 Å². The van der Waals surface area contributed by atoms with Crippen LogP contribution in [-0.2, 0) is 0 Å². The zero-order valence-electron chi connectivity index (χ0n) is 6.27. The van der Waals surface area contributed by atoms with Crippen LogP contribution in [0.2, 0.25) is 5.82 Å². The molecule has 0 aromatic rings. The maximum atomic E-state index is 12.3. The van der Waals surface area contributed by atoms with Crippen molar-refractivity contribution in [3.8, 4) is 0 Å². The summed E-state index contributed by atoms with van der Waals surface area (Å²) < 4.78 is 36.8. The Bertz CT molecular complexity index is 166. The van der Waals surface area contributed by atoms with E-state index in [1.807, 2.05) is 0 Å². The summed E-state index contributed by atoms with van der Waals surface area (Å²) in [6.07, 6.45) is 3.17. The van der Waals surface area contributed by atoms with E-state index < -0.39 is 12.8 Å².